The van der Waals surface area contributed by atoms with E-state index in [4.69, 9.17) is 20.9 Å². The van der Waals surface area contributed by atoms with Gasteiger partial charge >= 0.3 is 0 Å². The molecule has 0 amide bonds. The van der Waals surface area contributed by atoms with E-state index in [0.717, 1.165) is 22.2 Å². The summed E-state index contributed by atoms with van der Waals surface area (Å²) in [6.07, 6.45) is 0.574. The molecule has 3 rings (SSSR count). The van der Waals surface area contributed by atoms with Crippen LogP contribution < -0.4 is 5.32 Å². The number of hydrogen-bond donors (Lipinski definition) is 1. The van der Waals surface area contributed by atoms with Crippen molar-refractivity contribution in [3.63, 3.8) is 0 Å². The summed E-state index contributed by atoms with van der Waals surface area (Å²) < 4.78 is 10.7. The van der Waals surface area contributed by atoms with Gasteiger partial charge in [-0.2, -0.15) is 4.98 Å². The average Bonchev–Trinajstić information content (AvgIpc) is 3.40. The van der Waals surface area contributed by atoms with E-state index in [1.165, 1.54) is 0 Å². The van der Waals surface area contributed by atoms with Gasteiger partial charge in [-0.15, -0.1) is 35.3 Å². The summed E-state index contributed by atoms with van der Waals surface area (Å²) >= 11 is 7.62. The van der Waals surface area contributed by atoms with Crippen LogP contribution in [-0.4, -0.2) is 53.7 Å². The molecule has 31 heavy (non-hydrogen) atoms. The minimum Gasteiger partial charge on any atom is -0.375 e. The topological polar surface area (TPSA) is 88.7 Å². The first-order valence-electron chi connectivity index (χ1n) is 9.47. The maximum absolute atomic E-state index is 6.02. The molecule has 8 nitrogen and oxygen atoms in total. The second-order valence-electron chi connectivity index (χ2n) is 6.66. The molecule has 0 spiro atoms. The van der Waals surface area contributed by atoms with Crippen LogP contribution in [0.25, 0.3) is 11.4 Å². The Balaban J connectivity index is 0.00000341. The highest BCUT2D eigenvalue weighted by molar-refractivity contribution is 14.0. The van der Waals surface area contributed by atoms with Crippen molar-refractivity contribution in [3.05, 3.63) is 51.3 Å². The Morgan fingerprint density at radius 2 is 2.19 bits per heavy atom. The van der Waals surface area contributed by atoms with Gasteiger partial charge in [-0.05, 0) is 19.1 Å². The van der Waals surface area contributed by atoms with Crippen LogP contribution in [0.3, 0.4) is 0 Å². The van der Waals surface area contributed by atoms with Gasteiger partial charge in [0.25, 0.3) is 0 Å². The monoisotopic (exact) mass is 576 g/mol. The lowest BCUT2D eigenvalue weighted by molar-refractivity contribution is 0.119. The lowest BCUT2D eigenvalue weighted by Crippen LogP contribution is -2.39. The van der Waals surface area contributed by atoms with E-state index in [9.17, 15) is 0 Å². The van der Waals surface area contributed by atoms with Gasteiger partial charge in [0, 0.05) is 50.1 Å². The van der Waals surface area contributed by atoms with Crippen LogP contribution in [0.5, 0.6) is 0 Å². The predicted molar refractivity (Wildman–Crippen MR) is 134 cm³/mol. The zero-order valence-corrected chi connectivity index (χ0v) is 21.7. The van der Waals surface area contributed by atoms with Gasteiger partial charge in [-0.1, -0.05) is 28.9 Å². The van der Waals surface area contributed by atoms with E-state index in [-0.39, 0.29) is 30.1 Å². The molecule has 3 aromatic rings. The van der Waals surface area contributed by atoms with E-state index in [1.54, 1.807) is 25.5 Å². The highest BCUT2D eigenvalue weighted by Gasteiger charge is 2.13. The first-order chi connectivity index (χ1) is 14.5. The fourth-order valence-electron chi connectivity index (χ4n) is 2.77. The summed E-state index contributed by atoms with van der Waals surface area (Å²) in [5.74, 6) is 1.84. The van der Waals surface area contributed by atoms with E-state index < -0.39 is 0 Å². The maximum Gasteiger partial charge on any atom is 0.228 e. The minimum absolute atomic E-state index is 0. The number of nitrogens with one attached hydrogen (secondary N) is 1. The predicted octanol–water partition coefficient (Wildman–Crippen LogP) is 4.42. The first-order valence-corrected chi connectivity index (χ1v) is 10.7. The van der Waals surface area contributed by atoms with E-state index in [1.807, 2.05) is 48.5 Å². The molecule has 0 radical (unpaired) electrons. The summed E-state index contributed by atoms with van der Waals surface area (Å²) in [7, 11) is 5.41. The average molecular weight is 577 g/mol. The molecule has 1 aromatic carbocycles. The second kappa shape index (κ2) is 12.3. The fourth-order valence-corrected chi connectivity index (χ4v) is 3.80. The van der Waals surface area contributed by atoms with Crippen LogP contribution in [0.2, 0.25) is 5.02 Å². The third-order valence-electron chi connectivity index (χ3n) is 4.42. The van der Waals surface area contributed by atoms with Gasteiger partial charge < -0.3 is 19.5 Å². The number of ether oxygens (including phenoxy) is 1. The van der Waals surface area contributed by atoms with Crippen LogP contribution in [0.15, 0.2) is 39.2 Å². The largest absolute Gasteiger partial charge is 0.375 e. The Bertz CT molecular complexity index is 995. The van der Waals surface area contributed by atoms with Crippen molar-refractivity contribution in [1.82, 2.24) is 25.3 Å². The number of nitrogens with zero attached hydrogens (tertiary/aromatic N) is 5. The number of thiazole rings is 1. The molecular formula is C20H26ClIN6O2S. The van der Waals surface area contributed by atoms with Gasteiger partial charge in [0.05, 0.1) is 12.2 Å². The SMILES string of the molecule is CN=C(NCCc1nc(-c2cccc(Cl)c2)no1)N(C)Cc1csc(C(C)OC)n1.I. The Morgan fingerprint density at radius 1 is 1.39 bits per heavy atom. The molecule has 0 saturated heterocycles. The van der Waals surface area contributed by atoms with Crippen molar-refractivity contribution in [2.24, 2.45) is 4.99 Å². The van der Waals surface area contributed by atoms with Crippen molar-refractivity contribution >= 4 is 52.9 Å². The highest BCUT2D eigenvalue weighted by atomic mass is 127. The van der Waals surface area contributed by atoms with Crippen molar-refractivity contribution in [2.75, 3.05) is 27.7 Å². The molecule has 0 aliphatic heterocycles. The molecule has 168 valence electrons. The molecule has 1 N–H and O–H groups in total. The summed E-state index contributed by atoms with van der Waals surface area (Å²) in [5.41, 5.74) is 1.80. The molecule has 11 heteroatoms. The number of rotatable bonds is 8. The van der Waals surface area contributed by atoms with Crippen molar-refractivity contribution < 1.29 is 9.26 Å². The van der Waals surface area contributed by atoms with Gasteiger partial charge in [-0.3, -0.25) is 4.99 Å². The van der Waals surface area contributed by atoms with Gasteiger partial charge in [-0.25, -0.2) is 4.98 Å². The molecule has 0 fully saturated rings. The number of hydrogen-bond acceptors (Lipinski definition) is 7. The summed E-state index contributed by atoms with van der Waals surface area (Å²) in [5, 5.41) is 11.0. The fraction of sp³-hybridized carbons (Fsp3) is 0.400. The number of halogens is 2. The van der Waals surface area contributed by atoms with E-state index >= 15 is 0 Å². The van der Waals surface area contributed by atoms with Gasteiger partial charge in [0.1, 0.15) is 11.1 Å². The maximum atomic E-state index is 6.02. The molecular weight excluding hydrogens is 551 g/mol. The minimum atomic E-state index is -0.00213. The van der Waals surface area contributed by atoms with E-state index in [0.29, 0.717) is 36.2 Å². The third kappa shape index (κ3) is 7.13. The molecule has 0 aliphatic rings. The summed E-state index contributed by atoms with van der Waals surface area (Å²) in [4.78, 5) is 15.4. The lowest BCUT2D eigenvalue weighted by Gasteiger charge is -2.20. The standard InChI is InChI=1S/C20H25ClN6O2S.HI/c1-13(28-4)19-24-16(12-30-19)11-27(3)20(22-2)23-9-8-17-25-18(26-29-17)14-6-5-7-15(21)10-14;/h5-7,10,12-13H,8-9,11H2,1-4H3,(H,22,23);1H. The molecule has 2 heterocycles. The van der Waals surface area contributed by atoms with Crippen molar-refractivity contribution in [2.45, 2.75) is 26.0 Å². The van der Waals surface area contributed by atoms with Crippen LogP contribution in [0, 0.1) is 0 Å². The Hall–Kier alpha value is -1.76. The van der Waals surface area contributed by atoms with Crippen molar-refractivity contribution in [1.29, 1.82) is 0 Å². The van der Waals surface area contributed by atoms with Crippen molar-refractivity contribution in [3.8, 4) is 11.4 Å². The number of aromatic nitrogens is 3. The molecule has 1 unspecified atom stereocenters. The molecule has 2 aromatic heterocycles. The molecule has 0 bridgehead atoms. The van der Waals surface area contributed by atoms with Crippen LogP contribution in [0.4, 0.5) is 0 Å². The quantitative estimate of drug-likeness (QED) is 0.241. The number of benzene rings is 1. The third-order valence-corrected chi connectivity index (χ3v) is 5.71. The Morgan fingerprint density at radius 3 is 2.90 bits per heavy atom. The lowest BCUT2D eigenvalue weighted by atomic mass is 10.2. The normalized spacial score (nSPS) is 12.4. The summed E-state index contributed by atoms with van der Waals surface area (Å²) in [6, 6.07) is 7.37. The zero-order chi connectivity index (χ0) is 21.5. The number of aliphatic imine (C=N–C) groups is 1. The van der Waals surface area contributed by atoms with Crippen LogP contribution >= 0.6 is 46.9 Å². The molecule has 1 atom stereocenters. The van der Waals surface area contributed by atoms with Gasteiger partial charge in [0.15, 0.2) is 5.96 Å². The Kier molecular flexibility index (Phi) is 10.1. The second-order valence-corrected chi connectivity index (χ2v) is 7.98. The molecule has 0 saturated carbocycles. The van der Waals surface area contributed by atoms with Crippen LogP contribution in [0.1, 0.15) is 29.6 Å². The van der Waals surface area contributed by atoms with Gasteiger partial charge in [0.2, 0.25) is 11.7 Å². The summed E-state index contributed by atoms with van der Waals surface area (Å²) in [6.45, 7) is 3.24. The first kappa shape index (κ1) is 25.5. The zero-order valence-electron chi connectivity index (χ0n) is 17.8. The highest BCUT2D eigenvalue weighted by Crippen LogP contribution is 2.21. The van der Waals surface area contributed by atoms with Crippen LogP contribution in [-0.2, 0) is 17.7 Å². The number of guanidine groups is 1. The molecule has 0 aliphatic carbocycles. The number of methoxy groups -OCH3 is 1. The van der Waals surface area contributed by atoms with E-state index in [2.05, 4.69) is 25.4 Å². The smallest absolute Gasteiger partial charge is 0.228 e. The Labute approximate surface area is 208 Å².